The normalized spacial score (nSPS) is 13.6. The van der Waals surface area contributed by atoms with E-state index < -0.39 is 16.2 Å². The Kier molecular flexibility index (Phi) is 4.55. The van der Waals surface area contributed by atoms with Crippen LogP contribution in [0.15, 0.2) is 30.3 Å². The summed E-state index contributed by atoms with van der Waals surface area (Å²) in [6, 6.07) is 9.11. The van der Waals surface area contributed by atoms with Crippen molar-refractivity contribution in [2.24, 2.45) is 5.41 Å². The SMILES string of the molecule is CC(C)(C)C#CC(OS(C)(=O)=O)c1ccccc1. The first-order chi connectivity index (χ1) is 8.17. The molecule has 0 aliphatic carbocycles. The van der Waals surface area contributed by atoms with Gasteiger partial charge in [0.2, 0.25) is 0 Å². The topological polar surface area (TPSA) is 43.4 Å². The zero-order valence-electron chi connectivity index (χ0n) is 11.1. The Morgan fingerprint density at radius 2 is 1.72 bits per heavy atom. The number of hydrogen-bond acceptors (Lipinski definition) is 3. The fourth-order valence-corrected chi connectivity index (χ4v) is 1.76. The molecule has 0 radical (unpaired) electrons. The maximum Gasteiger partial charge on any atom is 0.265 e. The average Bonchev–Trinajstić information content (AvgIpc) is 2.23. The van der Waals surface area contributed by atoms with Crippen LogP contribution in [0.4, 0.5) is 0 Å². The van der Waals surface area contributed by atoms with Crippen molar-refractivity contribution in [2.75, 3.05) is 6.26 Å². The first-order valence-corrected chi connectivity index (χ1v) is 7.45. The highest BCUT2D eigenvalue weighted by Gasteiger charge is 2.16. The summed E-state index contributed by atoms with van der Waals surface area (Å²) >= 11 is 0. The van der Waals surface area contributed by atoms with Crippen LogP contribution in [0.25, 0.3) is 0 Å². The third kappa shape index (κ3) is 5.85. The van der Waals surface area contributed by atoms with Crippen LogP contribution in [-0.4, -0.2) is 14.7 Å². The minimum atomic E-state index is -3.54. The van der Waals surface area contributed by atoms with Gasteiger partial charge in [-0.3, -0.25) is 0 Å². The van der Waals surface area contributed by atoms with Crippen molar-refractivity contribution in [1.29, 1.82) is 0 Å². The van der Waals surface area contributed by atoms with E-state index in [9.17, 15) is 8.42 Å². The van der Waals surface area contributed by atoms with Crippen molar-refractivity contribution in [1.82, 2.24) is 0 Å². The molecule has 18 heavy (non-hydrogen) atoms. The van der Waals surface area contributed by atoms with E-state index in [0.717, 1.165) is 11.8 Å². The molecule has 1 rings (SSSR count). The largest absolute Gasteiger partial charge is 0.265 e. The Balaban J connectivity index is 3.07. The Morgan fingerprint density at radius 3 is 2.17 bits per heavy atom. The quantitative estimate of drug-likeness (QED) is 0.624. The molecule has 1 aromatic carbocycles. The number of rotatable bonds is 3. The second-order valence-corrected chi connectivity index (χ2v) is 6.71. The monoisotopic (exact) mass is 266 g/mol. The third-order valence-corrected chi connectivity index (χ3v) is 2.49. The molecule has 1 unspecified atom stereocenters. The average molecular weight is 266 g/mol. The fraction of sp³-hybridized carbons (Fsp3) is 0.429. The minimum absolute atomic E-state index is 0.201. The molecule has 0 aliphatic rings. The summed E-state index contributed by atoms with van der Waals surface area (Å²) in [6.45, 7) is 5.88. The Labute approximate surface area is 109 Å². The van der Waals surface area contributed by atoms with Gasteiger partial charge in [0.15, 0.2) is 6.10 Å². The molecule has 0 bridgehead atoms. The molecule has 1 atom stereocenters. The van der Waals surface area contributed by atoms with Gasteiger partial charge in [-0.1, -0.05) is 42.2 Å². The van der Waals surface area contributed by atoms with Gasteiger partial charge in [0.05, 0.1) is 6.26 Å². The van der Waals surface area contributed by atoms with Crippen LogP contribution in [0.1, 0.15) is 32.4 Å². The predicted molar refractivity (Wildman–Crippen MR) is 72.3 cm³/mol. The zero-order valence-corrected chi connectivity index (χ0v) is 11.9. The van der Waals surface area contributed by atoms with Gasteiger partial charge in [-0.2, -0.15) is 8.42 Å². The van der Waals surface area contributed by atoms with Crippen molar-refractivity contribution < 1.29 is 12.6 Å². The first-order valence-electron chi connectivity index (χ1n) is 5.63. The van der Waals surface area contributed by atoms with Crippen LogP contribution in [0.2, 0.25) is 0 Å². The van der Waals surface area contributed by atoms with E-state index in [-0.39, 0.29) is 5.41 Å². The molecule has 0 saturated heterocycles. The molecule has 0 fully saturated rings. The summed E-state index contributed by atoms with van der Waals surface area (Å²) in [7, 11) is -3.54. The van der Waals surface area contributed by atoms with Gasteiger partial charge in [-0.15, -0.1) is 0 Å². The van der Waals surface area contributed by atoms with Gasteiger partial charge in [0, 0.05) is 5.41 Å². The minimum Gasteiger partial charge on any atom is -0.249 e. The van der Waals surface area contributed by atoms with Crippen LogP contribution >= 0.6 is 0 Å². The third-order valence-electron chi connectivity index (χ3n) is 1.95. The van der Waals surface area contributed by atoms with E-state index in [4.69, 9.17) is 4.18 Å². The van der Waals surface area contributed by atoms with Crippen LogP contribution < -0.4 is 0 Å². The lowest BCUT2D eigenvalue weighted by molar-refractivity contribution is 0.272. The van der Waals surface area contributed by atoms with Gasteiger partial charge in [-0.25, -0.2) is 4.18 Å². The van der Waals surface area contributed by atoms with E-state index in [2.05, 4.69) is 11.8 Å². The number of hydrogen-bond donors (Lipinski definition) is 0. The Hall–Kier alpha value is -1.31. The molecule has 4 heteroatoms. The maximum atomic E-state index is 11.2. The van der Waals surface area contributed by atoms with Crippen molar-refractivity contribution in [3.63, 3.8) is 0 Å². The van der Waals surface area contributed by atoms with Crippen LogP contribution in [-0.2, 0) is 14.3 Å². The maximum absolute atomic E-state index is 11.2. The summed E-state index contributed by atoms with van der Waals surface area (Å²) in [5, 5.41) is 0. The molecule has 0 heterocycles. The van der Waals surface area contributed by atoms with Crippen molar-refractivity contribution in [3.05, 3.63) is 35.9 Å². The molecule has 98 valence electrons. The van der Waals surface area contributed by atoms with Crippen LogP contribution in [0.5, 0.6) is 0 Å². The second-order valence-electron chi connectivity index (χ2n) is 5.11. The summed E-state index contributed by atoms with van der Waals surface area (Å²) in [6.07, 6.45) is 0.280. The van der Waals surface area contributed by atoms with Gasteiger partial charge in [-0.05, 0) is 26.3 Å². The van der Waals surface area contributed by atoms with Gasteiger partial charge >= 0.3 is 0 Å². The molecule has 0 aliphatic heterocycles. The summed E-state index contributed by atoms with van der Waals surface area (Å²) < 4.78 is 27.5. The van der Waals surface area contributed by atoms with Crippen molar-refractivity contribution >= 4 is 10.1 Å². The summed E-state index contributed by atoms with van der Waals surface area (Å²) in [5.74, 6) is 5.88. The van der Waals surface area contributed by atoms with Crippen LogP contribution in [0, 0.1) is 17.3 Å². The molecule has 0 amide bonds. The predicted octanol–water partition coefficient (Wildman–Crippen LogP) is 2.75. The van der Waals surface area contributed by atoms with Gasteiger partial charge in [0.25, 0.3) is 10.1 Å². The highest BCUT2D eigenvalue weighted by Crippen LogP contribution is 2.20. The van der Waals surface area contributed by atoms with Crippen molar-refractivity contribution in [2.45, 2.75) is 26.9 Å². The van der Waals surface area contributed by atoms with Gasteiger partial charge in [0.1, 0.15) is 0 Å². The smallest absolute Gasteiger partial charge is 0.249 e. The van der Waals surface area contributed by atoms with E-state index in [1.165, 1.54) is 0 Å². The molecular weight excluding hydrogens is 248 g/mol. The lowest BCUT2D eigenvalue weighted by atomic mass is 9.97. The molecule has 0 aromatic heterocycles. The Bertz CT molecular complexity index is 542. The molecule has 3 nitrogen and oxygen atoms in total. The second kappa shape index (κ2) is 5.55. The van der Waals surface area contributed by atoms with E-state index in [1.54, 1.807) is 12.1 Å². The van der Waals surface area contributed by atoms with Crippen molar-refractivity contribution in [3.8, 4) is 11.8 Å². The highest BCUT2D eigenvalue weighted by atomic mass is 32.2. The molecule has 0 spiro atoms. The fourth-order valence-electron chi connectivity index (χ4n) is 1.25. The summed E-state index contributed by atoms with van der Waals surface area (Å²) in [5.41, 5.74) is 0.535. The van der Waals surface area contributed by atoms with Gasteiger partial charge < -0.3 is 0 Å². The van der Waals surface area contributed by atoms with E-state index in [1.807, 2.05) is 39.0 Å². The first kappa shape index (κ1) is 14.7. The van der Waals surface area contributed by atoms with E-state index >= 15 is 0 Å². The lowest BCUT2D eigenvalue weighted by Gasteiger charge is -2.13. The van der Waals surface area contributed by atoms with E-state index in [0.29, 0.717) is 0 Å². The Morgan fingerprint density at radius 1 is 1.17 bits per heavy atom. The zero-order chi connectivity index (χ0) is 13.8. The lowest BCUT2D eigenvalue weighted by Crippen LogP contribution is -2.10. The molecule has 1 aromatic rings. The molecule has 0 N–H and O–H groups in total. The standard InChI is InChI=1S/C14H18O3S/c1-14(2,3)11-10-13(17-18(4,15)16)12-8-6-5-7-9-12/h5-9,13H,1-4H3. The molecular formula is C14H18O3S. The molecule has 0 saturated carbocycles. The highest BCUT2D eigenvalue weighted by molar-refractivity contribution is 7.86. The summed E-state index contributed by atoms with van der Waals surface area (Å²) in [4.78, 5) is 0. The number of benzene rings is 1. The van der Waals surface area contributed by atoms with Crippen LogP contribution in [0.3, 0.4) is 0 Å².